The van der Waals surface area contributed by atoms with Crippen molar-refractivity contribution in [2.75, 3.05) is 6.61 Å². The van der Waals surface area contributed by atoms with E-state index in [-0.39, 0.29) is 5.02 Å². The first-order chi connectivity index (χ1) is 8.15. The van der Waals surface area contributed by atoms with Crippen LogP contribution >= 0.6 is 11.6 Å². The van der Waals surface area contributed by atoms with Gasteiger partial charge in [0, 0.05) is 5.02 Å². The summed E-state index contributed by atoms with van der Waals surface area (Å²) in [6.45, 7) is -1.87. The van der Waals surface area contributed by atoms with Gasteiger partial charge in [-0.3, -0.25) is 14.3 Å². The maximum atomic E-state index is 12.5. The molecule has 0 spiro atoms. The molecule has 0 N–H and O–H groups in total. The van der Waals surface area contributed by atoms with E-state index in [9.17, 15) is 27.3 Å². The van der Waals surface area contributed by atoms with Crippen LogP contribution in [0.1, 0.15) is 0 Å². The molecule has 0 aliphatic heterocycles. The molecule has 0 heterocycles. The smallest absolute Gasteiger partial charge is 0.259 e. The molecule has 0 saturated carbocycles. The highest BCUT2D eigenvalue weighted by Gasteiger charge is 2.46. The standard InChI is InChI=1S/C8H6ClF2NO5S/c9-6-1-3-7(4-2-6)18(15,16)17-5-8(10,11)12(13)14/h1-4H,5H2. The van der Waals surface area contributed by atoms with Gasteiger partial charge in [-0.2, -0.15) is 8.42 Å². The minimum atomic E-state index is -4.49. The van der Waals surface area contributed by atoms with Gasteiger partial charge in [0.2, 0.25) is 6.61 Å². The Morgan fingerprint density at radius 2 is 1.83 bits per heavy atom. The summed E-state index contributed by atoms with van der Waals surface area (Å²) in [6, 6.07) is 0.0102. The van der Waals surface area contributed by atoms with Gasteiger partial charge >= 0.3 is 6.05 Å². The van der Waals surface area contributed by atoms with E-state index in [4.69, 9.17) is 11.6 Å². The summed E-state index contributed by atoms with van der Waals surface area (Å²) in [5.41, 5.74) is 0. The molecule has 0 unspecified atom stereocenters. The molecule has 0 aliphatic rings. The summed E-state index contributed by atoms with van der Waals surface area (Å²) in [7, 11) is -4.49. The summed E-state index contributed by atoms with van der Waals surface area (Å²) in [5, 5.41) is 10.1. The van der Waals surface area contributed by atoms with Crippen LogP contribution in [0.4, 0.5) is 8.78 Å². The van der Waals surface area contributed by atoms with E-state index in [0.29, 0.717) is 0 Å². The predicted molar refractivity (Wildman–Crippen MR) is 56.5 cm³/mol. The zero-order chi connectivity index (χ0) is 14.0. The topological polar surface area (TPSA) is 86.5 Å². The lowest BCUT2D eigenvalue weighted by Gasteiger charge is -2.08. The Hall–Kier alpha value is -1.32. The highest BCUT2D eigenvalue weighted by molar-refractivity contribution is 7.86. The van der Waals surface area contributed by atoms with Crippen molar-refractivity contribution in [2.24, 2.45) is 0 Å². The lowest BCUT2D eigenvalue weighted by atomic mass is 10.4. The minimum absolute atomic E-state index is 0.240. The maximum absolute atomic E-state index is 12.5. The van der Waals surface area contributed by atoms with E-state index in [1.165, 1.54) is 12.1 Å². The molecule has 1 aromatic carbocycles. The number of hydrogen-bond donors (Lipinski definition) is 0. The van der Waals surface area contributed by atoms with Gasteiger partial charge in [-0.25, -0.2) is 0 Å². The molecular formula is C8H6ClF2NO5S. The molecule has 18 heavy (non-hydrogen) atoms. The Labute approximate surface area is 105 Å². The van der Waals surface area contributed by atoms with E-state index in [1.54, 1.807) is 0 Å². The van der Waals surface area contributed by atoms with Crippen LogP contribution in [0.3, 0.4) is 0 Å². The first-order valence-corrected chi connectivity index (χ1v) is 6.11. The van der Waals surface area contributed by atoms with Crippen molar-refractivity contribution >= 4 is 21.7 Å². The van der Waals surface area contributed by atoms with Crippen LogP contribution in [0, 0.1) is 10.1 Å². The van der Waals surface area contributed by atoms with E-state index < -0.39 is 32.6 Å². The van der Waals surface area contributed by atoms with Crippen molar-refractivity contribution in [3.63, 3.8) is 0 Å². The Bertz CT molecular complexity index is 545. The first-order valence-electron chi connectivity index (χ1n) is 4.32. The average molecular weight is 302 g/mol. The van der Waals surface area contributed by atoms with Crippen LogP contribution in [-0.2, 0) is 14.3 Å². The van der Waals surface area contributed by atoms with E-state index in [0.717, 1.165) is 12.1 Å². The van der Waals surface area contributed by atoms with E-state index >= 15 is 0 Å². The molecule has 100 valence electrons. The second-order valence-electron chi connectivity index (χ2n) is 3.09. The fraction of sp³-hybridized carbons (Fsp3) is 0.250. The molecule has 1 rings (SSSR count). The van der Waals surface area contributed by atoms with Gasteiger partial charge in [-0.1, -0.05) is 11.6 Å². The van der Waals surface area contributed by atoms with Crippen LogP contribution < -0.4 is 0 Å². The third kappa shape index (κ3) is 3.59. The molecule has 0 aliphatic carbocycles. The number of benzene rings is 1. The fourth-order valence-corrected chi connectivity index (χ4v) is 1.90. The molecule has 0 fully saturated rings. The third-order valence-electron chi connectivity index (χ3n) is 1.76. The number of alkyl halides is 2. The zero-order valence-electron chi connectivity index (χ0n) is 8.55. The predicted octanol–water partition coefficient (Wildman–Crippen LogP) is 1.91. The van der Waals surface area contributed by atoms with Crippen LogP contribution in [0.25, 0.3) is 0 Å². The normalized spacial score (nSPS) is 12.4. The van der Waals surface area contributed by atoms with Gasteiger partial charge < -0.3 is 0 Å². The van der Waals surface area contributed by atoms with Crippen molar-refractivity contribution in [3.05, 3.63) is 39.4 Å². The van der Waals surface area contributed by atoms with Crippen LogP contribution in [-0.4, -0.2) is 26.0 Å². The molecule has 0 amide bonds. The highest BCUT2D eigenvalue weighted by atomic mass is 35.5. The van der Waals surface area contributed by atoms with Crippen molar-refractivity contribution in [2.45, 2.75) is 10.9 Å². The Kier molecular flexibility index (Phi) is 4.20. The monoisotopic (exact) mass is 301 g/mol. The second kappa shape index (κ2) is 5.12. The average Bonchev–Trinajstić information content (AvgIpc) is 2.27. The summed E-state index contributed by atoms with van der Waals surface area (Å²) in [5.74, 6) is 0. The quantitative estimate of drug-likeness (QED) is 0.359. The lowest BCUT2D eigenvalue weighted by Crippen LogP contribution is -2.34. The molecule has 0 aromatic heterocycles. The van der Waals surface area contributed by atoms with Crippen molar-refractivity contribution in [3.8, 4) is 0 Å². The number of hydrogen-bond acceptors (Lipinski definition) is 5. The molecule has 6 nitrogen and oxygen atoms in total. The van der Waals surface area contributed by atoms with Crippen molar-refractivity contribution in [1.82, 2.24) is 0 Å². The van der Waals surface area contributed by atoms with Gasteiger partial charge in [0.1, 0.15) is 0 Å². The first kappa shape index (κ1) is 14.7. The van der Waals surface area contributed by atoms with Crippen molar-refractivity contribution < 1.29 is 26.3 Å². The Balaban J connectivity index is 2.84. The number of rotatable bonds is 5. The summed E-state index contributed by atoms with van der Waals surface area (Å²) >= 11 is 5.51. The number of nitrogens with zero attached hydrogens (tertiary/aromatic N) is 1. The SMILES string of the molecule is O=[N+]([O-])C(F)(F)COS(=O)(=O)c1ccc(Cl)cc1. The van der Waals surface area contributed by atoms with Crippen LogP contribution in [0.5, 0.6) is 0 Å². The van der Waals surface area contributed by atoms with Gasteiger partial charge in [-0.15, -0.1) is 8.78 Å². The summed E-state index contributed by atoms with van der Waals surface area (Å²) in [6.07, 6.45) is 0. The highest BCUT2D eigenvalue weighted by Crippen LogP contribution is 2.20. The Morgan fingerprint density at radius 1 is 1.33 bits per heavy atom. The summed E-state index contributed by atoms with van der Waals surface area (Å²) in [4.78, 5) is 7.53. The molecule has 0 bridgehead atoms. The van der Waals surface area contributed by atoms with Gasteiger partial charge in [0.05, 0.1) is 9.82 Å². The molecule has 10 heteroatoms. The van der Waals surface area contributed by atoms with Crippen LogP contribution in [0.2, 0.25) is 5.02 Å². The molecule has 0 atom stereocenters. The summed E-state index contributed by atoms with van der Waals surface area (Å²) < 4.78 is 51.8. The van der Waals surface area contributed by atoms with E-state index in [1.807, 2.05) is 0 Å². The van der Waals surface area contributed by atoms with Gasteiger partial charge in [-0.05, 0) is 24.3 Å². The lowest BCUT2D eigenvalue weighted by molar-refractivity contribution is -0.645. The second-order valence-corrected chi connectivity index (χ2v) is 5.14. The molecular weight excluding hydrogens is 296 g/mol. The van der Waals surface area contributed by atoms with Crippen molar-refractivity contribution in [1.29, 1.82) is 0 Å². The number of halogens is 3. The maximum Gasteiger partial charge on any atom is 0.535 e. The Morgan fingerprint density at radius 3 is 2.28 bits per heavy atom. The number of nitro groups is 1. The molecule has 0 radical (unpaired) electrons. The fourth-order valence-electron chi connectivity index (χ4n) is 0.870. The van der Waals surface area contributed by atoms with Gasteiger partial charge in [0.15, 0.2) is 0 Å². The molecule has 1 aromatic rings. The van der Waals surface area contributed by atoms with Crippen LogP contribution in [0.15, 0.2) is 29.2 Å². The zero-order valence-corrected chi connectivity index (χ0v) is 10.1. The largest absolute Gasteiger partial charge is 0.535 e. The minimum Gasteiger partial charge on any atom is -0.259 e. The molecule has 0 saturated heterocycles. The van der Waals surface area contributed by atoms with Gasteiger partial charge in [0.25, 0.3) is 10.1 Å². The third-order valence-corrected chi connectivity index (χ3v) is 3.29. The van der Waals surface area contributed by atoms with E-state index in [2.05, 4.69) is 4.18 Å².